The molecule has 0 spiro atoms. The molecule has 2 amide bonds. The molecule has 0 unspecified atom stereocenters. The Morgan fingerprint density at radius 2 is 1.81 bits per heavy atom. The highest BCUT2D eigenvalue weighted by Gasteiger charge is 2.22. The second-order valence-corrected chi connectivity index (χ2v) is 6.42. The highest BCUT2D eigenvalue weighted by Crippen LogP contribution is 2.17. The van der Waals surface area contributed by atoms with E-state index in [0.717, 1.165) is 0 Å². The van der Waals surface area contributed by atoms with Crippen LogP contribution in [0.3, 0.4) is 0 Å². The number of piperazine rings is 1. The lowest BCUT2D eigenvalue weighted by atomic mass is 10.3. The molecule has 9 heteroatoms. The summed E-state index contributed by atoms with van der Waals surface area (Å²) in [4.78, 5) is 37.8. The van der Waals surface area contributed by atoms with Gasteiger partial charge in [-0.15, -0.1) is 0 Å². The van der Waals surface area contributed by atoms with Gasteiger partial charge in [-0.05, 0) is 26.0 Å². The van der Waals surface area contributed by atoms with Crippen molar-refractivity contribution in [2.75, 3.05) is 39.3 Å². The fourth-order valence-corrected chi connectivity index (χ4v) is 2.63. The molecule has 142 valence electrons. The third-order valence-electron chi connectivity index (χ3n) is 3.95. The minimum atomic E-state index is -0.490. The van der Waals surface area contributed by atoms with Gasteiger partial charge in [-0.1, -0.05) is 0 Å². The molecule has 1 N–H and O–H groups in total. The first-order valence-electron chi connectivity index (χ1n) is 8.52. The van der Waals surface area contributed by atoms with Gasteiger partial charge < -0.3 is 15.0 Å². The maximum absolute atomic E-state index is 12.2. The van der Waals surface area contributed by atoms with Crippen LogP contribution in [-0.2, 0) is 9.59 Å². The van der Waals surface area contributed by atoms with Crippen LogP contribution in [0, 0.1) is 10.1 Å². The predicted octanol–water partition coefficient (Wildman–Crippen LogP) is 0.642. The van der Waals surface area contributed by atoms with E-state index in [4.69, 9.17) is 4.74 Å². The quantitative estimate of drug-likeness (QED) is 0.562. The summed E-state index contributed by atoms with van der Waals surface area (Å²) in [5, 5.41) is 13.5. The SMILES string of the molecule is CC(C)NC(=O)CN1CCN(C(=O)COc2ccc([N+](=O)[O-])cc2)CC1. The van der Waals surface area contributed by atoms with E-state index in [1.165, 1.54) is 24.3 Å². The van der Waals surface area contributed by atoms with Gasteiger partial charge in [0, 0.05) is 44.4 Å². The Hall–Kier alpha value is -2.68. The molecule has 1 fully saturated rings. The molecular formula is C17H24N4O5. The first-order chi connectivity index (χ1) is 12.3. The topological polar surface area (TPSA) is 105 Å². The monoisotopic (exact) mass is 364 g/mol. The van der Waals surface area contributed by atoms with Crippen molar-refractivity contribution >= 4 is 17.5 Å². The van der Waals surface area contributed by atoms with Crippen LogP contribution >= 0.6 is 0 Å². The van der Waals surface area contributed by atoms with Crippen molar-refractivity contribution in [1.29, 1.82) is 0 Å². The normalized spacial score (nSPS) is 15.0. The Bertz CT molecular complexity index is 639. The van der Waals surface area contributed by atoms with Crippen molar-refractivity contribution in [3.8, 4) is 5.75 Å². The Morgan fingerprint density at radius 3 is 2.35 bits per heavy atom. The van der Waals surface area contributed by atoms with Crippen LogP contribution in [0.5, 0.6) is 5.75 Å². The van der Waals surface area contributed by atoms with Crippen LogP contribution in [0.4, 0.5) is 5.69 Å². The molecule has 0 aliphatic carbocycles. The van der Waals surface area contributed by atoms with Crippen molar-refractivity contribution in [3.05, 3.63) is 34.4 Å². The van der Waals surface area contributed by atoms with Gasteiger partial charge >= 0.3 is 0 Å². The Balaban J connectivity index is 1.72. The number of hydrogen-bond donors (Lipinski definition) is 1. The van der Waals surface area contributed by atoms with Gasteiger partial charge in [0.15, 0.2) is 6.61 Å². The molecule has 0 saturated carbocycles. The molecule has 0 atom stereocenters. The number of nitrogens with zero attached hydrogens (tertiary/aromatic N) is 3. The highest BCUT2D eigenvalue weighted by atomic mass is 16.6. The lowest BCUT2D eigenvalue weighted by Crippen LogP contribution is -2.52. The molecule has 2 rings (SSSR count). The molecule has 0 aromatic heterocycles. The van der Waals surface area contributed by atoms with E-state index < -0.39 is 4.92 Å². The number of nitro benzene ring substituents is 1. The van der Waals surface area contributed by atoms with E-state index >= 15 is 0 Å². The molecule has 1 aliphatic rings. The largest absolute Gasteiger partial charge is 0.484 e. The molecule has 26 heavy (non-hydrogen) atoms. The second kappa shape index (κ2) is 9.14. The van der Waals surface area contributed by atoms with Gasteiger partial charge in [-0.2, -0.15) is 0 Å². The lowest BCUT2D eigenvalue weighted by molar-refractivity contribution is -0.384. The van der Waals surface area contributed by atoms with E-state index in [1.54, 1.807) is 4.90 Å². The Morgan fingerprint density at radius 1 is 1.19 bits per heavy atom. The summed E-state index contributed by atoms with van der Waals surface area (Å²) in [5.41, 5.74) is -0.0266. The summed E-state index contributed by atoms with van der Waals surface area (Å²) < 4.78 is 5.40. The smallest absolute Gasteiger partial charge is 0.269 e. The zero-order valence-electron chi connectivity index (χ0n) is 15.0. The fourth-order valence-electron chi connectivity index (χ4n) is 2.63. The van der Waals surface area contributed by atoms with Crippen LogP contribution < -0.4 is 10.1 Å². The fraction of sp³-hybridized carbons (Fsp3) is 0.529. The molecule has 1 saturated heterocycles. The molecule has 0 radical (unpaired) electrons. The average Bonchev–Trinajstić information content (AvgIpc) is 2.60. The predicted molar refractivity (Wildman–Crippen MR) is 94.9 cm³/mol. The second-order valence-electron chi connectivity index (χ2n) is 6.42. The third-order valence-corrected chi connectivity index (χ3v) is 3.95. The van der Waals surface area contributed by atoms with E-state index in [2.05, 4.69) is 5.32 Å². The first kappa shape index (κ1) is 19.6. The van der Waals surface area contributed by atoms with Crippen molar-refractivity contribution in [3.63, 3.8) is 0 Å². The van der Waals surface area contributed by atoms with Gasteiger partial charge in [0.1, 0.15) is 5.75 Å². The number of nitrogens with one attached hydrogen (secondary N) is 1. The molecule has 1 aromatic rings. The van der Waals surface area contributed by atoms with E-state index in [-0.39, 0.29) is 30.2 Å². The Labute approximate surface area is 152 Å². The number of nitro groups is 1. The highest BCUT2D eigenvalue weighted by molar-refractivity contribution is 5.79. The van der Waals surface area contributed by atoms with Crippen molar-refractivity contribution in [2.45, 2.75) is 19.9 Å². The van der Waals surface area contributed by atoms with Crippen LogP contribution in [0.1, 0.15) is 13.8 Å². The first-order valence-corrected chi connectivity index (χ1v) is 8.52. The third kappa shape index (κ3) is 5.99. The Kier molecular flexibility index (Phi) is 6.90. The van der Waals surface area contributed by atoms with Gasteiger partial charge in [0.05, 0.1) is 11.5 Å². The van der Waals surface area contributed by atoms with Gasteiger partial charge in [-0.25, -0.2) is 0 Å². The summed E-state index contributed by atoms with van der Waals surface area (Å²) in [5.74, 6) is 0.254. The summed E-state index contributed by atoms with van der Waals surface area (Å²) in [7, 11) is 0. The van der Waals surface area contributed by atoms with E-state index in [1.807, 2.05) is 18.7 Å². The summed E-state index contributed by atoms with van der Waals surface area (Å²) in [6.45, 7) is 6.39. The minimum absolute atomic E-state index is 0.0127. The van der Waals surface area contributed by atoms with Gasteiger partial charge in [0.25, 0.3) is 11.6 Å². The standard InChI is InChI=1S/C17H24N4O5/c1-13(2)18-16(22)11-19-7-9-20(10-8-19)17(23)12-26-15-5-3-14(4-6-15)21(24)25/h3-6,13H,7-12H2,1-2H3,(H,18,22). The number of ether oxygens (including phenoxy) is 1. The van der Waals surface area contributed by atoms with E-state index in [9.17, 15) is 19.7 Å². The zero-order valence-corrected chi connectivity index (χ0v) is 15.0. The summed E-state index contributed by atoms with van der Waals surface area (Å²) in [6, 6.07) is 5.72. The number of hydrogen-bond acceptors (Lipinski definition) is 6. The number of rotatable bonds is 7. The average molecular weight is 364 g/mol. The van der Waals surface area contributed by atoms with Crippen molar-refractivity contribution in [2.24, 2.45) is 0 Å². The van der Waals surface area contributed by atoms with Gasteiger partial charge in [0.2, 0.25) is 5.91 Å². The van der Waals surface area contributed by atoms with Gasteiger partial charge in [-0.3, -0.25) is 24.6 Å². The van der Waals surface area contributed by atoms with Crippen LogP contribution in [0.15, 0.2) is 24.3 Å². The van der Waals surface area contributed by atoms with E-state index in [0.29, 0.717) is 38.5 Å². The maximum atomic E-state index is 12.2. The molecule has 1 aliphatic heterocycles. The zero-order chi connectivity index (χ0) is 19.1. The summed E-state index contributed by atoms with van der Waals surface area (Å²) >= 11 is 0. The van der Waals surface area contributed by atoms with Crippen LogP contribution in [-0.4, -0.2) is 71.9 Å². The molecule has 9 nitrogen and oxygen atoms in total. The van der Waals surface area contributed by atoms with Crippen molar-refractivity contribution < 1.29 is 19.2 Å². The minimum Gasteiger partial charge on any atom is -0.484 e. The lowest BCUT2D eigenvalue weighted by Gasteiger charge is -2.34. The number of amides is 2. The number of carbonyl (C=O) groups is 2. The number of benzene rings is 1. The number of non-ortho nitro benzene ring substituents is 1. The van der Waals surface area contributed by atoms with Crippen molar-refractivity contribution in [1.82, 2.24) is 15.1 Å². The van der Waals surface area contributed by atoms with Crippen LogP contribution in [0.2, 0.25) is 0 Å². The number of carbonyl (C=O) groups excluding carboxylic acids is 2. The molecule has 0 bridgehead atoms. The molecule has 1 aromatic carbocycles. The maximum Gasteiger partial charge on any atom is 0.269 e. The van der Waals surface area contributed by atoms with Crippen LogP contribution in [0.25, 0.3) is 0 Å². The molecular weight excluding hydrogens is 340 g/mol. The summed E-state index contributed by atoms with van der Waals surface area (Å²) in [6.07, 6.45) is 0. The molecule has 1 heterocycles.